The second-order valence-electron chi connectivity index (χ2n) is 8.30. The van der Waals surface area contributed by atoms with Crippen LogP contribution in [0.25, 0.3) is 0 Å². The number of anilines is 1. The number of nitrogens with two attached hydrogens (primary N) is 2. The highest BCUT2D eigenvalue weighted by Crippen LogP contribution is 2.35. The number of aromatic nitrogens is 1. The second kappa shape index (κ2) is 10.4. The Hall–Kier alpha value is -3.53. The summed E-state index contributed by atoms with van der Waals surface area (Å²) in [6.07, 6.45) is 4.19. The molecule has 0 saturated carbocycles. The van der Waals surface area contributed by atoms with Gasteiger partial charge in [-0.25, -0.2) is 10.8 Å². The monoisotopic (exact) mass is 454 g/mol. The largest absolute Gasteiger partial charge is 0.481 e. The van der Waals surface area contributed by atoms with E-state index in [1.54, 1.807) is 12.1 Å². The molecule has 0 radical (unpaired) electrons. The number of ether oxygens (including phenoxy) is 2. The van der Waals surface area contributed by atoms with E-state index in [-0.39, 0.29) is 25.7 Å². The number of nitrogens with one attached hydrogen (secondary N) is 1. The quantitative estimate of drug-likeness (QED) is 0.194. The highest BCUT2D eigenvalue weighted by atomic mass is 16.7. The summed E-state index contributed by atoms with van der Waals surface area (Å²) in [4.78, 5) is 16.2. The fourth-order valence-corrected chi connectivity index (χ4v) is 4.23. The van der Waals surface area contributed by atoms with Gasteiger partial charge in [0.15, 0.2) is 11.5 Å². The fraction of sp³-hybridized carbons (Fsp3) is 0.435. The lowest BCUT2D eigenvalue weighted by atomic mass is 9.95. The Morgan fingerprint density at radius 2 is 2.12 bits per heavy atom. The number of aliphatic carboxylic acids is 1. The molecule has 33 heavy (non-hydrogen) atoms. The number of hydrogen-bond donors (Lipinski definition) is 4. The maximum atomic E-state index is 11.5. The molecule has 10 heteroatoms. The predicted molar refractivity (Wildman–Crippen MR) is 124 cm³/mol. The minimum atomic E-state index is -0.913. The number of carbonyl (C=O) groups is 1. The molecular formula is C23H30N6O4. The Balaban J connectivity index is 1.36. The number of pyridine rings is 1. The van der Waals surface area contributed by atoms with E-state index in [1.165, 1.54) is 10.6 Å². The molecule has 4 rings (SSSR count). The molecule has 1 aromatic carbocycles. The standard InChI is InChI=1S/C23H30N6O4/c24-28-21(5-1-4-18-8-6-15-3-2-10-26-23(15)27-18)29(25)13-17(12-22(30)31)16-7-9-19-20(11-16)33-14-32-19/h6-9,11,17H,1-5,10,12-14,24-25H2,(H,26,27)(H,30,31)/b28-21-. The molecule has 10 nitrogen and oxygen atoms in total. The van der Waals surface area contributed by atoms with Crippen LogP contribution in [0.1, 0.15) is 48.4 Å². The van der Waals surface area contributed by atoms with E-state index in [4.69, 9.17) is 26.1 Å². The minimum absolute atomic E-state index is 0.0861. The molecule has 0 fully saturated rings. The zero-order valence-corrected chi connectivity index (χ0v) is 18.5. The summed E-state index contributed by atoms with van der Waals surface area (Å²) < 4.78 is 10.8. The van der Waals surface area contributed by atoms with E-state index in [0.29, 0.717) is 23.8 Å². The number of hydrogen-bond acceptors (Lipinski definition) is 8. The van der Waals surface area contributed by atoms with Crippen molar-refractivity contribution in [3.63, 3.8) is 0 Å². The van der Waals surface area contributed by atoms with Crippen LogP contribution in [0, 0.1) is 0 Å². The molecule has 0 saturated heterocycles. The molecule has 0 aliphatic carbocycles. The topological polar surface area (TPSA) is 148 Å². The smallest absolute Gasteiger partial charge is 0.304 e. The van der Waals surface area contributed by atoms with E-state index in [1.807, 2.05) is 6.07 Å². The third kappa shape index (κ3) is 5.64. The van der Waals surface area contributed by atoms with Crippen molar-refractivity contribution in [1.82, 2.24) is 9.99 Å². The van der Waals surface area contributed by atoms with E-state index in [9.17, 15) is 9.90 Å². The lowest BCUT2D eigenvalue weighted by Crippen LogP contribution is -2.41. The highest BCUT2D eigenvalue weighted by molar-refractivity contribution is 5.81. The van der Waals surface area contributed by atoms with Crippen LogP contribution >= 0.6 is 0 Å². The highest BCUT2D eigenvalue weighted by Gasteiger charge is 2.23. The van der Waals surface area contributed by atoms with Crippen LogP contribution in [0.3, 0.4) is 0 Å². The van der Waals surface area contributed by atoms with Gasteiger partial charge in [0.1, 0.15) is 11.7 Å². The number of carboxylic acids is 1. The third-order valence-corrected chi connectivity index (χ3v) is 5.97. The van der Waals surface area contributed by atoms with E-state index in [2.05, 4.69) is 22.6 Å². The van der Waals surface area contributed by atoms with Gasteiger partial charge in [-0.2, -0.15) is 5.10 Å². The molecule has 1 unspecified atom stereocenters. The van der Waals surface area contributed by atoms with Crippen LogP contribution in [-0.2, 0) is 17.6 Å². The van der Waals surface area contributed by atoms with Crippen molar-refractivity contribution < 1.29 is 19.4 Å². The molecule has 0 bridgehead atoms. The molecule has 3 heterocycles. The lowest BCUT2D eigenvalue weighted by molar-refractivity contribution is -0.137. The molecule has 1 atom stereocenters. The van der Waals surface area contributed by atoms with Crippen molar-refractivity contribution in [1.29, 1.82) is 0 Å². The number of rotatable bonds is 9. The van der Waals surface area contributed by atoms with Crippen LogP contribution < -0.4 is 26.5 Å². The lowest BCUT2D eigenvalue weighted by Gasteiger charge is -2.25. The van der Waals surface area contributed by atoms with Gasteiger partial charge in [-0.15, -0.1) is 0 Å². The molecule has 6 N–H and O–H groups in total. The molecule has 2 aliphatic heterocycles. The summed E-state index contributed by atoms with van der Waals surface area (Å²) >= 11 is 0. The van der Waals surface area contributed by atoms with Crippen molar-refractivity contribution in [3.8, 4) is 11.5 Å². The van der Waals surface area contributed by atoms with E-state index in [0.717, 1.165) is 49.3 Å². The average molecular weight is 455 g/mol. The Bertz CT molecular complexity index is 1030. The minimum Gasteiger partial charge on any atom is -0.481 e. The number of carboxylic acid groups (broad SMARTS) is 1. The summed E-state index contributed by atoms with van der Waals surface area (Å²) in [5.41, 5.74) is 3.07. The Morgan fingerprint density at radius 1 is 1.27 bits per heavy atom. The second-order valence-corrected chi connectivity index (χ2v) is 8.30. The number of nitrogens with zero attached hydrogens (tertiary/aromatic N) is 3. The molecular weight excluding hydrogens is 424 g/mol. The SMILES string of the molecule is N/N=C(/CCCc1ccc2c(n1)NCCC2)N(N)CC(CC(=O)O)c1ccc2c(c1)OCO2. The number of amidine groups is 1. The van der Waals surface area contributed by atoms with Gasteiger partial charge in [0, 0.05) is 31.1 Å². The maximum absolute atomic E-state index is 11.5. The van der Waals surface area contributed by atoms with Crippen molar-refractivity contribution in [2.45, 2.75) is 44.4 Å². The van der Waals surface area contributed by atoms with Gasteiger partial charge in [-0.3, -0.25) is 9.80 Å². The number of benzene rings is 1. The summed E-state index contributed by atoms with van der Waals surface area (Å²) in [6.45, 7) is 1.37. The predicted octanol–water partition coefficient (Wildman–Crippen LogP) is 2.20. The van der Waals surface area contributed by atoms with Gasteiger partial charge in [0.2, 0.25) is 6.79 Å². The number of fused-ring (bicyclic) bond motifs is 2. The normalized spacial score (nSPS) is 15.5. The van der Waals surface area contributed by atoms with Crippen LogP contribution in [-0.4, -0.2) is 46.8 Å². The Labute approximate surface area is 192 Å². The van der Waals surface area contributed by atoms with Crippen molar-refractivity contribution in [2.24, 2.45) is 16.8 Å². The van der Waals surface area contributed by atoms with Gasteiger partial charge < -0.3 is 25.7 Å². The first-order chi connectivity index (χ1) is 16.0. The summed E-state index contributed by atoms with van der Waals surface area (Å²) in [7, 11) is 0. The van der Waals surface area contributed by atoms with Crippen LogP contribution in [0.5, 0.6) is 11.5 Å². The molecule has 2 aromatic rings. The fourth-order valence-electron chi connectivity index (χ4n) is 4.23. The molecule has 2 aliphatic rings. The van der Waals surface area contributed by atoms with Gasteiger partial charge in [0.05, 0.1) is 6.42 Å². The zero-order chi connectivity index (χ0) is 23.2. The average Bonchev–Trinajstić information content (AvgIpc) is 3.29. The first kappa shape index (κ1) is 22.7. The molecule has 1 aromatic heterocycles. The molecule has 176 valence electrons. The van der Waals surface area contributed by atoms with Gasteiger partial charge in [-0.05, 0) is 55.0 Å². The van der Waals surface area contributed by atoms with Crippen molar-refractivity contribution >= 4 is 17.6 Å². The zero-order valence-electron chi connectivity index (χ0n) is 18.5. The van der Waals surface area contributed by atoms with E-state index >= 15 is 0 Å². The van der Waals surface area contributed by atoms with Crippen molar-refractivity contribution in [2.75, 3.05) is 25.2 Å². The van der Waals surface area contributed by atoms with Gasteiger partial charge >= 0.3 is 5.97 Å². The van der Waals surface area contributed by atoms with Crippen LogP contribution in [0.4, 0.5) is 5.82 Å². The number of hydrazone groups is 1. The molecule has 0 amide bonds. The third-order valence-electron chi connectivity index (χ3n) is 5.97. The van der Waals surface area contributed by atoms with Crippen molar-refractivity contribution in [3.05, 3.63) is 47.2 Å². The van der Waals surface area contributed by atoms with Crippen LogP contribution in [0.15, 0.2) is 35.4 Å². The Kier molecular flexibility index (Phi) is 7.13. The molecule has 0 spiro atoms. The van der Waals surface area contributed by atoms with Crippen LogP contribution in [0.2, 0.25) is 0 Å². The summed E-state index contributed by atoms with van der Waals surface area (Å²) in [5, 5.41) is 18.1. The van der Waals surface area contributed by atoms with Gasteiger partial charge in [0.25, 0.3) is 0 Å². The Morgan fingerprint density at radius 3 is 2.94 bits per heavy atom. The number of aryl methyl sites for hydroxylation is 2. The summed E-state index contributed by atoms with van der Waals surface area (Å²) in [5.74, 6) is 13.4. The first-order valence-corrected chi connectivity index (χ1v) is 11.2. The number of hydrazine groups is 1. The van der Waals surface area contributed by atoms with Gasteiger partial charge in [-0.1, -0.05) is 12.1 Å². The van der Waals surface area contributed by atoms with E-state index < -0.39 is 5.97 Å². The first-order valence-electron chi connectivity index (χ1n) is 11.2. The maximum Gasteiger partial charge on any atom is 0.304 e. The summed E-state index contributed by atoms with van der Waals surface area (Å²) in [6, 6.07) is 9.63.